The van der Waals surface area contributed by atoms with E-state index in [0.717, 1.165) is 30.9 Å². The van der Waals surface area contributed by atoms with Crippen LogP contribution in [0.5, 0.6) is 5.75 Å². The Morgan fingerprint density at radius 1 is 1.32 bits per heavy atom. The van der Waals surface area contributed by atoms with Crippen LogP contribution in [0, 0.1) is 0 Å². The van der Waals surface area contributed by atoms with Crippen molar-refractivity contribution in [3.05, 3.63) is 29.8 Å². The van der Waals surface area contributed by atoms with Gasteiger partial charge in [-0.25, -0.2) is 0 Å². The van der Waals surface area contributed by atoms with E-state index in [0.29, 0.717) is 12.5 Å². The van der Waals surface area contributed by atoms with Crippen LogP contribution >= 0.6 is 0 Å². The second kappa shape index (κ2) is 6.06. The largest absolute Gasteiger partial charge is 0.497 e. The number of piperazine rings is 1. The van der Waals surface area contributed by atoms with Crippen LogP contribution in [-0.2, 0) is 11.2 Å². The number of ether oxygens (including phenoxy) is 1. The third kappa shape index (κ3) is 3.47. The molecule has 1 aliphatic rings. The summed E-state index contributed by atoms with van der Waals surface area (Å²) in [6, 6.07) is 8.01. The lowest BCUT2D eigenvalue weighted by atomic mass is 10.1. The van der Waals surface area contributed by atoms with Gasteiger partial charge in [-0.2, -0.15) is 0 Å². The summed E-state index contributed by atoms with van der Waals surface area (Å²) in [6.07, 6.45) is 0.470. The van der Waals surface area contributed by atoms with Gasteiger partial charge in [0.05, 0.1) is 13.5 Å². The Kier molecular flexibility index (Phi) is 4.43. The fourth-order valence-electron chi connectivity index (χ4n) is 2.53. The monoisotopic (exact) mass is 262 g/mol. The maximum atomic E-state index is 12.3. The Morgan fingerprint density at radius 3 is 2.58 bits per heavy atom. The van der Waals surface area contributed by atoms with Crippen LogP contribution in [0.15, 0.2) is 24.3 Å². The van der Waals surface area contributed by atoms with Crippen LogP contribution in [-0.4, -0.2) is 55.5 Å². The van der Waals surface area contributed by atoms with Gasteiger partial charge in [-0.3, -0.25) is 4.79 Å². The highest BCUT2D eigenvalue weighted by Crippen LogP contribution is 2.14. The topological polar surface area (TPSA) is 32.8 Å². The second-order valence-corrected chi connectivity index (χ2v) is 5.22. The van der Waals surface area contributed by atoms with Crippen molar-refractivity contribution in [2.45, 2.75) is 19.4 Å². The Morgan fingerprint density at radius 2 is 2.00 bits per heavy atom. The van der Waals surface area contributed by atoms with E-state index in [1.54, 1.807) is 7.11 Å². The van der Waals surface area contributed by atoms with E-state index >= 15 is 0 Å². The van der Waals surface area contributed by atoms with Gasteiger partial charge in [0.25, 0.3) is 0 Å². The highest BCUT2D eigenvalue weighted by molar-refractivity contribution is 5.79. The molecule has 0 bridgehead atoms. The fraction of sp³-hybridized carbons (Fsp3) is 0.533. The number of amides is 1. The number of hydrogen-bond acceptors (Lipinski definition) is 3. The standard InChI is InChI=1S/C15H22N2O2/c1-12-11-16(2)8-9-17(12)15(18)10-13-4-6-14(19-3)7-5-13/h4-7,12H,8-11H2,1-3H3. The van der Waals surface area contributed by atoms with Gasteiger partial charge in [0.1, 0.15) is 5.75 Å². The minimum absolute atomic E-state index is 0.214. The summed E-state index contributed by atoms with van der Waals surface area (Å²) in [6.45, 7) is 4.85. The number of carbonyl (C=O) groups excluding carboxylic acids is 1. The van der Waals surface area contributed by atoms with E-state index in [9.17, 15) is 4.79 Å². The first-order chi connectivity index (χ1) is 9.10. The van der Waals surface area contributed by atoms with E-state index in [4.69, 9.17) is 4.74 Å². The number of carbonyl (C=O) groups is 1. The first-order valence-electron chi connectivity index (χ1n) is 6.71. The molecule has 4 nitrogen and oxygen atoms in total. The van der Waals surface area contributed by atoms with Crippen LogP contribution in [0.3, 0.4) is 0 Å². The Hall–Kier alpha value is -1.55. The van der Waals surface area contributed by atoms with Gasteiger partial charge in [-0.1, -0.05) is 12.1 Å². The summed E-state index contributed by atoms with van der Waals surface area (Å²) in [5.74, 6) is 1.04. The molecule has 1 heterocycles. The predicted molar refractivity (Wildman–Crippen MR) is 75.4 cm³/mol. The predicted octanol–water partition coefficient (Wildman–Crippen LogP) is 1.40. The lowest BCUT2D eigenvalue weighted by molar-refractivity contribution is -0.134. The molecule has 1 atom stereocenters. The SMILES string of the molecule is COc1ccc(CC(=O)N2CCN(C)CC2C)cc1. The van der Waals surface area contributed by atoms with Crippen molar-refractivity contribution < 1.29 is 9.53 Å². The Balaban J connectivity index is 1.96. The summed E-state index contributed by atoms with van der Waals surface area (Å²) in [4.78, 5) is 16.6. The molecule has 1 saturated heterocycles. The van der Waals surface area contributed by atoms with Crippen molar-refractivity contribution in [1.29, 1.82) is 0 Å². The van der Waals surface area contributed by atoms with E-state index in [-0.39, 0.29) is 5.91 Å². The van der Waals surface area contributed by atoms with Gasteiger partial charge in [-0.15, -0.1) is 0 Å². The number of hydrogen-bond donors (Lipinski definition) is 0. The van der Waals surface area contributed by atoms with Crippen molar-refractivity contribution in [1.82, 2.24) is 9.80 Å². The molecule has 0 N–H and O–H groups in total. The Labute approximate surface area is 115 Å². The van der Waals surface area contributed by atoms with Gasteiger partial charge < -0.3 is 14.5 Å². The molecular weight excluding hydrogens is 240 g/mol. The summed E-state index contributed by atoms with van der Waals surface area (Å²) >= 11 is 0. The number of likely N-dealkylation sites (N-methyl/N-ethyl adjacent to an activating group) is 1. The van der Waals surface area contributed by atoms with E-state index in [2.05, 4.69) is 18.9 Å². The zero-order valence-corrected chi connectivity index (χ0v) is 11.9. The molecule has 0 radical (unpaired) electrons. The highest BCUT2D eigenvalue weighted by Gasteiger charge is 2.25. The first kappa shape index (κ1) is 13.9. The average molecular weight is 262 g/mol. The van der Waals surface area contributed by atoms with Crippen LogP contribution in [0.25, 0.3) is 0 Å². The van der Waals surface area contributed by atoms with Crippen LogP contribution in [0.1, 0.15) is 12.5 Å². The van der Waals surface area contributed by atoms with Crippen LogP contribution in [0.4, 0.5) is 0 Å². The number of benzene rings is 1. The third-order valence-corrected chi connectivity index (χ3v) is 3.67. The van der Waals surface area contributed by atoms with Crippen molar-refractivity contribution in [3.63, 3.8) is 0 Å². The summed E-state index contributed by atoms with van der Waals surface area (Å²) in [7, 11) is 3.74. The van der Waals surface area contributed by atoms with Crippen LogP contribution < -0.4 is 4.74 Å². The minimum Gasteiger partial charge on any atom is -0.497 e. The fourth-order valence-corrected chi connectivity index (χ4v) is 2.53. The van der Waals surface area contributed by atoms with Gasteiger partial charge in [0.2, 0.25) is 5.91 Å². The van der Waals surface area contributed by atoms with E-state index in [1.165, 1.54) is 0 Å². The van der Waals surface area contributed by atoms with Gasteiger partial charge in [0, 0.05) is 25.7 Å². The quantitative estimate of drug-likeness (QED) is 0.825. The molecule has 0 aliphatic carbocycles. The molecule has 1 aromatic carbocycles. The summed E-state index contributed by atoms with van der Waals surface area (Å²) in [5, 5.41) is 0. The smallest absolute Gasteiger partial charge is 0.227 e. The molecule has 1 aliphatic heterocycles. The lowest BCUT2D eigenvalue weighted by Crippen LogP contribution is -2.53. The first-order valence-corrected chi connectivity index (χ1v) is 6.71. The van der Waals surface area contributed by atoms with Crippen LogP contribution in [0.2, 0.25) is 0 Å². The number of nitrogens with zero attached hydrogens (tertiary/aromatic N) is 2. The maximum Gasteiger partial charge on any atom is 0.227 e. The molecule has 1 unspecified atom stereocenters. The van der Waals surface area contributed by atoms with Gasteiger partial charge in [-0.05, 0) is 31.7 Å². The third-order valence-electron chi connectivity index (χ3n) is 3.67. The molecule has 0 spiro atoms. The molecule has 4 heteroatoms. The van der Waals surface area contributed by atoms with Crippen molar-refractivity contribution in [2.24, 2.45) is 0 Å². The van der Waals surface area contributed by atoms with Crippen molar-refractivity contribution >= 4 is 5.91 Å². The zero-order valence-electron chi connectivity index (χ0n) is 11.9. The molecular formula is C15H22N2O2. The van der Waals surface area contributed by atoms with Gasteiger partial charge >= 0.3 is 0 Å². The minimum atomic E-state index is 0.214. The molecule has 1 amide bonds. The molecule has 0 saturated carbocycles. The molecule has 1 aromatic rings. The highest BCUT2D eigenvalue weighted by atomic mass is 16.5. The number of rotatable bonds is 3. The second-order valence-electron chi connectivity index (χ2n) is 5.22. The zero-order chi connectivity index (χ0) is 13.8. The normalized spacial score (nSPS) is 20.4. The molecule has 1 fully saturated rings. The number of methoxy groups -OCH3 is 1. The lowest BCUT2D eigenvalue weighted by Gasteiger charge is -2.38. The average Bonchev–Trinajstić information content (AvgIpc) is 2.39. The molecule has 0 aromatic heterocycles. The van der Waals surface area contributed by atoms with Crippen molar-refractivity contribution in [2.75, 3.05) is 33.8 Å². The van der Waals surface area contributed by atoms with Gasteiger partial charge in [0.15, 0.2) is 0 Å². The van der Waals surface area contributed by atoms with E-state index < -0.39 is 0 Å². The molecule has 104 valence electrons. The van der Waals surface area contributed by atoms with Crippen molar-refractivity contribution in [3.8, 4) is 5.75 Å². The maximum absolute atomic E-state index is 12.3. The summed E-state index contributed by atoms with van der Waals surface area (Å²) < 4.78 is 5.12. The molecule has 19 heavy (non-hydrogen) atoms. The summed E-state index contributed by atoms with van der Waals surface area (Å²) in [5.41, 5.74) is 1.04. The molecule has 2 rings (SSSR count). The van der Waals surface area contributed by atoms with E-state index in [1.807, 2.05) is 29.2 Å². The Bertz CT molecular complexity index is 430.